The van der Waals surface area contributed by atoms with E-state index in [0.717, 1.165) is 43.4 Å². The number of H-pyrrole nitrogens is 1. The molecule has 10 nitrogen and oxygen atoms in total. The Bertz CT molecular complexity index is 930. The molecule has 3 aromatic rings. The van der Waals surface area contributed by atoms with E-state index >= 15 is 0 Å². The summed E-state index contributed by atoms with van der Waals surface area (Å²) in [4.78, 5) is 27.1. The number of fused-ring (bicyclic) bond motifs is 1. The molecule has 0 radical (unpaired) electrons. The second-order valence-corrected chi connectivity index (χ2v) is 6.38. The number of carbonyl (C=O) groups is 1. The standard InChI is InChI=1S/C15H16N8O2/c24-14(19-8-3-4-8)12-20-15(25-22-12)10-2-1-5-23(10)13-9-6-18-21-11(9)16-7-17-13/h6-8,10H,1-5H2,(H,19,24)(H,16,17,18,21)/t10-/m0/s1. The highest BCUT2D eigenvalue weighted by molar-refractivity contribution is 5.90. The van der Waals surface area contributed by atoms with Crippen LogP contribution in [0.25, 0.3) is 11.0 Å². The number of nitrogens with one attached hydrogen (secondary N) is 2. The van der Waals surface area contributed by atoms with Crippen LogP contribution in [-0.4, -0.2) is 48.8 Å². The third kappa shape index (κ3) is 2.49. The second-order valence-electron chi connectivity index (χ2n) is 6.38. The zero-order valence-electron chi connectivity index (χ0n) is 13.3. The highest BCUT2D eigenvalue weighted by atomic mass is 16.5. The van der Waals surface area contributed by atoms with E-state index in [1.165, 1.54) is 6.33 Å². The van der Waals surface area contributed by atoms with Gasteiger partial charge in [0.15, 0.2) is 5.65 Å². The molecule has 25 heavy (non-hydrogen) atoms. The number of aromatic amines is 1. The van der Waals surface area contributed by atoms with Crippen molar-refractivity contribution in [1.82, 2.24) is 35.6 Å². The van der Waals surface area contributed by atoms with Gasteiger partial charge in [-0.3, -0.25) is 9.89 Å². The molecule has 0 bridgehead atoms. The van der Waals surface area contributed by atoms with Crippen LogP contribution >= 0.6 is 0 Å². The van der Waals surface area contributed by atoms with Crippen LogP contribution < -0.4 is 10.2 Å². The Balaban J connectivity index is 1.44. The first-order valence-electron chi connectivity index (χ1n) is 8.35. The Kier molecular flexibility index (Phi) is 3.15. The van der Waals surface area contributed by atoms with Gasteiger partial charge < -0.3 is 14.7 Å². The summed E-state index contributed by atoms with van der Waals surface area (Å²) >= 11 is 0. The molecule has 10 heteroatoms. The predicted octanol–water partition coefficient (Wildman–Crippen LogP) is 0.970. The third-order valence-corrected chi connectivity index (χ3v) is 4.59. The van der Waals surface area contributed by atoms with E-state index in [0.29, 0.717) is 11.5 Å². The highest BCUT2D eigenvalue weighted by Gasteiger charge is 2.34. The normalized spacial score (nSPS) is 20.3. The van der Waals surface area contributed by atoms with Gasteiger partial charge in [0.1, 0.15) is 18.2 Å². The minimum atomic E-state index is -0.277. The lowest BCUT2D eigenvalue weighted by Crippen LogP contribution is -2.27. The smallest absolute Gasteiger partial charge is 0.292 e. The summed E-state index contributed by atoms with van der Waals surface area (Å²) in [5.74, 6) is 1.03. The minimum Gasteiger partial charge on any atom is -0.346 e. The van der Waals surface area contributed by atoms with Gasteiger partial charge in [0, 0.05) is 12.6 Å². The van der Waals surface area contributed by atoms with Crippen molar-refractivity contribution in [3.63, 3.8) is 0 Å². The van der Waals surface area contributed by atoms with Crippen LogP contribution in [0.15, 0.2) is 17.0 Å². The zero-order chi connectivity index (χ0) is 16.8. The van der Waals surface area contributed by atoms with Gasteiger partial charge >= 0.3 is 0 Å². The summed E-state index contributed by atoms with van der Waals surface area (Å²) in [7, 11) is 0. The van der Waals surface area contributed by atoms with E-state index in [1.54, 1.807) is 6.20 Å². The number of hydrogen-bond donors (Lipinski definition) is 2. The van der Waals surface area contributed by atoms with Crippen molar-refractivity contribution in [2.24, 2.45) is 0 Å². The fourth-order valence-electron chi connectivity index (χ4n) is 3.20. The van der Waals surface area contributed by atoms with E-state index in [-0.39, 0.29) is 23.8 Å². The van der Waals surface area contributed by atoms with Crippen molar-refractivity contribution in [1.29, 1.82) is 0 Å². The highest BCUT2D eigenvalue weighted by Crippen LogP contribution is 2.36. The first-order chi connectivity index (χ1) is 12.3. The lowest BCUT2D eigenvalue weighted by Gasteiger charge is -2.23. The van der Waals surface area contributed by atoms with Gasteiger partial charge in [0.2, 0.25) is 5.89 Å². The van der Waals surface area contributed by atoms with Crippen LogP contribution in [0.3, 0.4) is 0 Å². The van der Waals surface area contributed by atoms with Crippen molar-refractivity contribution in [2.45, 2.75) is 37.8 Å². The number of aromatic nitrogens is 6. The van der Waals surface area contributed by atoms with E-state index in [1.807, 2.05) is 0 Å². The van der Waals surface area contributed by atoms with Gasteiger partial charge in [-0.1, -0.05) is 5.16 Å². The van der Waals surface area contributed by atoms with Crippen LogP contribution in [0.4, 0.5) is 5.82 Å². The molecule has 1 atom stereocenters. The molecule has 3 aromatic heterocycles. The molecule has 1 saturated carbocycles. The van der Waals surface area contributed by atoms with E-state index < -0.39 is 0 Å². The van der Waals surface area contributed by atoms with Crippen LogP contribution in [0.2, 0.25) is 0 Å². The van der Waals surface area contributed by atoms with Gasteiger partial charge in [-0.05, 0) is 25.7 Å². The van der Waals surface area contributed by atoms with Gasteiger partial charge in [0.25, 0.3) is 11.7 Å². The fourth-order valence-corrected chi connectivity index (χ4v) is 3.20. The van der Waals surface area contributed by atoms with Crippen LogP contribution in [0, 0.1) is 0 Å². The monoisotopic (exact) mass is 340 g/mol. The fraction of sp³-hybridized carbons (Fsp3) is 0.467. The number of rotatable bonds is 4. The number of hydrogen-bond acceptors (Lipinski definition) is 8. The largest absolute Gasteiger partial charge is 0.346 e. The predicted molar refractivity (Wildman–Crippen MR) is 85.8 cm³/mol. The summed E-state index contributed by atoms with van der Waals surface area (Å²) in [6.45, 7) is 0.813. The maximum atomic E-state index is 12.1. The maximum absolute atomic E-state index is 12.1. The first kappa shape index (κ1) is 14.3. The Labute approximate surface area is 142 Å². The molecule has 2 N–H and O–H groups in total. The third-order valence-electron chi connectivity index (χ3n) is 4.59. The van der Waals surface area contributed by atoms with Crippen LogP contribution in [0.1, 0.15) is 48.2 Å². The van der Waals surface area contributed by atoms with Crippen molar-refractivity contribution in [2.75, 3.05) is 11.4 Å². The summed E-state index contributed by atoms with van der Waals surface area (Å²) < 4.78 is 5.39. The average Bonchev–Trinajstić information content (AvgIpc) is 3.09. The molecule has 5 rings (SSSR count). The Morgan fingerprint density at radius 3 is 3.12 bits per heavy atom. The maximum Gasteiger partial charge on any atom is 0.292 e. The van der Waals surface area contributed by atoms with Crippen molar-refractivity contribution < 1.29 is 9.32 Å². The summed E-state index contributed by atoms with van der Waals surface area (Å²) in [6, 6.07) is 0.149. The molecule has 0 spiro atoms. The molecule has 1 aliphatic carbocycles. The minimum absolute atomic E-state index is 0.0879. The van der Waals surface area contributed by atoms with Crippen molar-refractivity contribution >= 4 is 22.8 Å². The Morgan fingerprint density at radius 2 is 2.24 bits per heavy atom. The van der Waals surface area contributed by atoms with Crippen LogP contribution in [-0.2, 0) is 0 Å². The number of nitrogens with zero attached hydrogens (tertiary/aromatic N) is 6. The van der Waals surface area contributed by atoms with Crippen molar-refractivity contribution in [3.05, 3.63) is 24.2 Å². The topological polar surface area (TPSA) is 126 Å². The summed E-state index contributed by atoms with van der Waals surface area (Å²) in [5, 5.41) is 14.4. The molecule has 2 aliphatic rings. The molecule has 0 aromatic carbocycles. The molecule has 1 saturated heterocycles. The van der Waals surface area contributed by atoms with E-state index in [9.17, 15) is 4.79 Å². The molecular weight excluding hydrogens is 324 g/mol. The Morgan fingerprint density at radius 1 is 1.32 bits per heavy atom. The molecule has 2 fully saturated rings. The molecule has 4 heterocycles. The van der Waals surface area contributed by atoms with Gasteiger partial charge in [-0.25, -0.2) is 9.97 Å². The van der Waals surface area contributed by atoms with E-state index in [2.05, 4.69) is 40.5 Å². The average molecular weight is 340 g/mol. The lowest BCUT2D eigenvalue weighted by atomic mass is 10.2. The molecule has 0 unspecified atom stereocenters. The molecular formula is C15H16N8O2. The molecule has 1 aliphatic heterocycles. The molecule has 1 amide bonds. The van der Waals surface area contributed by atoms with E-state index in [4.69, 9.17) is 4.52 Å². The summed E-state index contributed by atoms with van der Waals surface area (Å²) in [5.41, 5.74) is 0.686. The van der Waals surface area contributed by atoms with Crippen molar-refractivity contribution in [3.8, 4) is 0 Å². The van der Waals surface area contributed by atoms with Crippen LogP contribution in [0.5, 0.6) is 0 Å². The lowest BCUT2D eigenvalue weighted by molar-refractivity contribution is 0.0937. The second kappa shape index (κ2) is 5.50. The zero-order valence-corrected chi connectivity index (χ0v) is 13.3. The number of anilines is 1. The van der Waals surface area contributed by atoms with Gasteiger partial charge in [-0.15, -0.1) is 0 Å². The first-order valence-corrected chi connectivity index (χ1v) is 8.35. The summed E-state index contributed by atoms with van der Waals surface area (Å²) in [6.07, 6.45) is 7.08. The number of amides is 1. The van der Waals surface area contributed by atoms with Gasteiger partial charge in [0.05, 0.1) is 11.6 Å². The quantitative estimate of drug-likeness (QED) is 0.719. The molecule has 128 valence electrons. The Hall–Kier alpha value is -3.04. The van der Waals surface area contributed by atoms with Gasteiger partial charge in [-0.2, -0.15) is 10.1 Å². The number of carbonyl (C=O) groups excluding carboxylic acids is 1. The SMILES string of the molecule is O=C(NC1CC1)c1noc([C@@H]2CCCN2c2ncnc3[nH]ncc23)n1.